The number of halogens is 1. The van der Waals surface area contributed by atoms with Gasteiger partial charge in [-0.3, -0.25) is 14.3 Å². The summed E-state index contributed by atoms with van der Waals surface area (Å²) in [4.78, 5) is 36.1. The fraction of sp³-hybridized carbons (Fsp3) is 0.0588. The molecule has 0 aliphatic heterocycles. The maximum atomic E-state index is 12.5. The van der Waals surface area contributed by atoms with Gasteiger partial charge in [0.05, 0.1) is 5.69 Å². The normalized spacial score (nSPS) is 13.2. The molecule has 2 aromatic heterocycles. The number of nitrogens with zero attached hydrogens (tertiary/aromatic N) is 1. The minimum atomic E-state index is -4.75. The SMILES string of the molecule is O=C(NC=Cc1ccccn1)C(c1csc2ccc(Cl)cc12)P(=O)(O)O. The third-order valence-corrected chi connectivity index (χ3v) is 6.01. The summed E-state index contributed by atoms with van der Waals surface area (Å²) in [6.07, 6.45) is 4.45. The second-order valence-electron chi connectivity index (χ2n) is 5.42. The summed E-state index contributed by atoms with van der Waals surface area (Å²) in [7, 11) is -4.75. The number of hydrogen-bond acceptors (Lipinski definition) is 4. The van der Waals surface area contributed by atoms with E-state index in [4.69, 9.17) is 11.6 Å². The molecule has 0 bridgehead atoms. The summed E-state index contributed by atoms with van der Waals surface area (Å²) < 4.78 is 12.8. The zero-order valence-corrected chi connectivity index (χ0v) is 15.7. The number of rotatable bonds is 5. The average Bonchev–Trinajstić information content (AvgIpc) is 2.97. The number of pyridine rings is 1. The standard InChI is InChI=1S/C17H14ClN2O4PS/c18-11-4-5-15-13(9-11)14(10-26-15)16(25(22,23)24)17(21)20-8-6-12-3-1-2-7-19-12/h1-10,16H,(H,20,21)(H2,22,23,24). The van der Waals surface area contributed by atoms with Crippen LogP contribution in [0.25, 0.3) is 16.2 Å². The Morgan fingerprint density at radius 2 is 2.12 bits per heavy atom. The fourth-order valence-corrected chi connectivity index (χ4v) is 4.67. The van der Waals surface area contributed by atoms with Crippen LogP contribution >= 0.6 is 30.5 Å². The summed E-state index contributed by atoms with van der Waals surface area (Å²) in [6, 6.07) is 10.3. The van der Waals surface area contributed by atoms with E-state index in [9.17, 15) is 19.1 Å². The molecule has 0 saturated carbocycles. The van der Waals surface area contributed by atoms with Gasteiger partial charge < -0.3 is 15.1 Å². The molecular weight excluding hydrogens is 395 g/mol. The monoisotopic (exact) mass is 408 g/mol. The van der Waals surface area contributed by atoms with Gasteiger partial charge in [0.1, 0.15) is 0 Å². The smallest absolute Gasteiger partial charge is 0.331 e. The number of hydrogen-bond donors (Lipinski definition) is 3. The summed E-state index contributed by atoms with van der Waals surface area (Å²) in [5.74, 6) is -0.801. The molecule has 0 fully saturated rings. The first-order valence-corrected chi connectivity index (χ1v) is 10.4. The van der Waals surface area contributed by atoms with Crippen molar-refractivity contribution >= 4 is 52.6 Å². The van der Waals surface area contributed by atoms with Gasteiger partial charge in [0.15, 0.2) is 5.66 Å². The highest BCUT2D eigenvalue weighted by atomic mass is 35.5. The third kappa shape index (κ3) is 4.20. The van der Waals surface area contributed by atoms with Gasteiger partial charge in [0.25, 0.3) is 0 Å². The maximum absolute atomic E-state index is 12.5. The highest BCUT2D eigenvalue weighted by Gasteiger charge is 2.38. The first kappa shape index (κ1) is 18.8. The number of thiophene rings is 1. The lowest BCUT2D eigenvalue weighted by Gasteiger charge is -2.16. The molecule has 2 heterocycles. The first-order chi connectivity index (χ1) is 12.4. The van der Waals surface area contributed by atoms with Crippen molar-refractivity contribution in [3.8, 4) is 0 Å². The molecule has 3 aromatic rings. The van der Waals surface area contributed by atoms with E-state index in [2.05, 4.69) is 10.3 Å². The van der Waals surface area contributed by atoms with Crippen molar-refractivity contribution in [2.24, 2.45) is 0 Å². The average molecular weight is 409 g/mol. The Bertz CT molecular complexity index is 1020. The van der Waals surface area contributed by atoms with Crippen molar-refractivity contribution in [3.63, 3.8) is 0 Å². The van der Waals surface area contributed by atoms with Gasteiger partial charge in [-0.05, 0) is 52.7 Å². The lowest BCUT2D eigenvalue weighted by Crippen LogP contribution is -2.25. The number of aromatic nitrogens is 1. The van der Waals surface area contributed by atoms with Crippen LogP contribution in [0.5, 0.6) is 0 Å². The molecule has 1 atom stereocenters. The molecule has 0 spiro atoms. The van der Waals surface area contributed by atoms with E-state index in [0.717, 1.165) is 4.70 Å². The number of carbonyl (C=O) groups is 1. The molecule has 134 valence electrons. The predicted octanol–water partition coefficient (Wildman–Crippen LogP) is 3.96. The minimum Gasteiger partial charge on any atom is -0.331 e. The van der Waals surface area contributed by atoms with Crippen LogP contribution in [0.1, 0.15) is 16.9 Å². The van der Waals surface area contributed by atoms with Crippen molar-refractivity contribution in [3.05, 3.63) is 70.5 Å². The predicted molar refractivity (Wildman–Crippen MR) is 103 cm³/mol. The van der Waals surface area contributed by atoms with E-state index in [1.807, 2.05) is 0 Å². The van der Waals surface area contributed by atoms with Crippen LogP contribution in [0.15, 0.2) is 54.2 Å². The molecule has 0 aliphatic carbocycles. The Labute approximate surface area is 158 Å². The molecule has 0 radical (unpaired) electrons. The maximum Gasteiger partial charge on any atom is 0.342 e. The topological polar surface area (TPSA) is 99.5 Å². The van der Waals surface area contributed by atoms with E-state index in [0.29, 0.717) is 16.1 Å². The van der Waals surface area contributed by atoms with Crippen LogP contribution in [-0.4, -0.2) is 20.7 Å². The van der Waals surface area contributed by atoms with Crippen LogP contribution in [0.4, 0.5) is 0 Å². The Hall–Kier alpha value is -2.02. The Morgan fingerprint density at radius 3 is 2.81 bits per heavy atom. The Kier molecular flexibility index (Phi) is 5.55. The minimum absolute atomic E-state index is 0.254. The van der Waals surface area contributed by atoms with Crippen molar-refractivity contribution in [1.82, 2.24) is 10.3 Å². The van der Waals surface area contributed by atoms with Crippen LogP contribution in [0.2, 0.25) is 5.02 Å². The lowest BCUT2D eigenvalue weighted by atomic mass is 10.1. The first-order valence-electron chi connectivity index (χ1n) is 7.46. The zero-order chi connectivity index (χ0) is 18.7. The van der Waals surface area contributed by atoms with E-state index in [-0.39, 0.29) is 5.56 Å². The van der Waals surface area contributed by atoms with E-state index in [1.54, 1.807) is 48.0 Å². The molecule has 3 N–H and O–H groups in total. The molecule has 9 heteroatoms. The van der Waals surface area contributed by atoms with Gasteiger partial charge >= 0.3 is 7.60 Å². The summed E-state index contributed by atoms with van der Waals surface area (Å²) in [5, 5.41) is 4.98. The van der Waals surface area contributed by atoms with Crippen molar-refractivity contribution in [1.29, 1.82) is 0 Å². The largest absolute Gasteiger partial charge is 0.342 e. The molecule has 1 unspecified atom stereocenters. The molecule has 1 amide bonds. The molecular formula is C17H14ClN2O4PS. The second-order valence-corrected chi connectivity index (χ2v) is 8.46. The molecule has 0 aliphatic rings. The molecule has 6 nitrogen and oxygen atoms in total. The summed E-state index contributed by atoms with van der Waals surface area (Å²) in [5.41, 5.74) is -0.763. The van der Waals surface area contributed by atoms with Gasteiger partial charge in [-0.2, -0.15) is 0 Å². The van der Waals surface area contributed by atoms with E-state index in [1.165, 1.54) is 23.6 Å². The lowest BCUT2D eigenvalue weighted by molar-refractivity contribution is -0.120. The highest BCUT2D eigenvalue weighted by Crippen LogP contribution is 2.54. The van der Waals surface area contributed by atoms with Crippen LogP contribution in [0, 0.1) is 0 Å². The number of carbonyl (C=O) groups excluding carboxylic acids is 1. The highest BCUT2D eigenvalue weighted by molar-refractivity contribution is 7.53. The zero-order valence-electron chi connectivity index (χ0n) is 13.2. The number of benzene rings is 1. The van der Waals surface area contributed by atoms with Crippen LogP contribution in [0.3, 0.4) is 0 Å². The summed E-state index contributed by atoms with van der Waals surface area (Å²) >= 11 is 7.28. The number of amides is 1. The fourth-order valence-electron chi connectivity index (χ4n) is 2.47. The van der Waals surface area contributed by atoms with Crippen molar-refractivity contribution < 1.29 is 19.1 Å². The van der Waals surface area contributed by atoms with E-state index < -0.39 is 19.2 Å². The van der Waals surface area contributed by atoms with Gasteiger partial charge in [-0.1, -0.05) is 17.7 Å². The quantitative estimate of drug-likeness (QED) is 0.555. The van der Waals surface area contributed by atoms with Crippen molar-refractivity contribution in [2.75, 3.05) is 0 Å². The third-order valence-electron chi connectivity index (χ3n) is 3.61. The Balaban J connectivity index is 1.91. The molecule has 1 aromatic carbocycles. The van der Waals surface area contributed by atoms with Gasteiger partial charge in [0.2, 0.25) is 5.91 Å². The Morgan fingerprint density at radius 1 is 1.31 bits per heavy atom. The molecule has 26 heavy (non-hydrogen) atoms. The van der Waals surface area contributed by atoms with Gasteiger partial charge in [-0.15, -0.1) is 11.3 Å². The second kappa shape index (κ2) is 7.70. The molecule has 3 rings (SSSR count). The van der Waals surface area contributed by atoms with Crippen LogP contribution in [-0.2, 0) is 9.36 Å². The summed E-state index contributed by atoms with van der Waals surface area (Å²) in [6.45, 7) is 0. The van der Waals surface area contributed by atoms with Crippen LogP contribution < -0.4 is 5.32 Å². The van der Waals surface area contributed by atoms with Gasteiger partial charge in [-0.25, -0.2) is 0 Å². The van der Waals surface area contributed by atoms with E-state index >= 15 is 0 Å². The molecule has 0 saturated heterocycles. The van der Waals surface area contributed by atoms with Gasteiger partial charge in [0, 0.05) is 22.1 Å². The number of fused-ring (bicyclic) bond motifs is 1. The number of nitrogens with one attached hydrogen (secondary N) is 1. The van der Waals surface area contributed by atoms with Crippen molar-refractivity contribution in [2.45, 2.75) is 5.66 Å².